The van der Waals surface area contributed by atoms with Gasteiger partial charge in [-0.3, -0.25) is 5.32 Å². The summed E-state index contributed by atoms with van der Waals surface area (Å²) in [4.78, 5) is 23.8. The number of carboxylic acids is 1. The van der Waals surface area contributed by atoms with Crippen molar-refractivity contribution in [3.8, 4) is 11.1 Å². The SMILES string of the molecule is CCCc1ccc(C(=O)O)cc1NC(=O)OCC1c2ccccc2-c2ccccc21. The number of anilines is 1. The minimum atomic E-state index is -1.03. The number of rotatable bonds is 6. The lowest BCUT2D eigenvalue weighted by Crippen LogP contribution is -2.19. The summed E-state index contributed by atoms with van der Waals surface area (Å²) in [7, 11) is 0. The predicted molar refractivity (Wildman–Crippen MR) is 116 cm³/mol. The summed E-state index contributed by atoms with van der Waals surface area (Å²) in [5.74, 6) is -1.06. The Kier molecular flexibility index (Phi) is 5.53. The first-order chi connectivity index (χ1) is 14.6. The predicted octanol–water partition coefficient (Wildman–Crippen LogP) is 5.70. The van der Waals surface area contributed by atoms with Gasteiger partial charge in [-0.05, 0) is 46.4 Å². The molecule has 4 rings (SSSR count). The number of ether oxygens (including phenoxy) is 1. The van der Waals surface area contributed by atoms with E-state index in [1.54, 1.807) is 12.1 Å². The third-order valence-electron chi connectivity index (χ3n) is 5.46. The van der Waals surface area contributed by atoms with Crippen molar-refractivity contribution < 1.29 is 19.4 Å². The summed E-state index contributed by atoms with van der Waals surface area (Å²) in [6, 6.07) is 21.1. The van der Waals surface area contributed by atoms with Gasteiger partial charge >= 0.3 is 12.1 Å². The number of carboxylic acid groups (broad SMARTS) is 1. The van der Waals surface area contributed by atoms with Gasteiger partial charge in [0.15, 0.2) is 0 Å². The van der Waals surface area contributed by atoms with Crippen molar-refractivity contribution in [1.29, 1.82) is 0 Å². The maximum atomic E-state index is 12.6. The first-order valence-corrected chi connectivity index (χ1v) is 10.1. The van der Waals surface area contributed by atoms with E-state index < -0.39 is 12.1 Å². The largest absolute Gasteiger partial charge is 0.478 e. The highest BCUT2D eigenvalue weighted by molar-refractivity contribution is 5.92. The van der Waals surface area contributed by atoms with E-state index in [4.69, 9.17) is 4.74 Å². The second-order valence-electron chi connectivity index (χ2n) is 7.38. The van der Waals surface area contributed by atoms with E-state index in [1.165, 1.54) is 17.2 Å². The zero-order valence-corrected chi connectivity index (χ0v) is 16.7. The number of hydrogen-bond donors (Lipinski definition) is 2. The molecule has 0 heterocycles. The standard InChI is InChI=1S/C25H23NO4/c1-2-7-16-12-13-17(24(27)28)14-23(16)26-25(29)30-15-22-20-10-5-3-8-18(20)19-9-4-6-11-21(19)22/h3-6,8-14,22H,2,7,15H2,1H3,(H,26,29)(H,27,28). The first kappa shape index (κ1) is 19.7. The highest BCUT2D eigenvalue weighted by Gasteiger charge is 2.29. The molecule has 5 heteroatoms. The number of fused-ring (bicyclic) bond motifs is 3. The van der Waals surface area contributed by atoms with Crippen LogP contribution in [0.2, 0.25) is 0 Å². The van der Waals surface area contributed by atoms with Gasteiger partial charge in [0, 0.05) is 11.6 Å². The molecule has 3 aromatic rings. The fraction of sp³-hybridized carbons (Fsp3) is 0.200. The highest BCUT2D eigenvalue weighted by Crippen LogP contribution is 2.44. The van der Waals surface area contributed by atoms with Crippen LogP contribution in [0.3, 0.4) is 0 Å². The molecule has 0 saturated carbocycles. The molecule has 1 aliphatic rings. The molecule has 5 nitrogen and oxygen atoms in total. The molecule has 0 radical (unpaired) electrons. The van der Waals surface area contributed by atoms with E-state index >= 15 is 0 Å². The van der Waals surface area contributed by atoms with Crippen molar-refractivity contribution in [1.82, 2.24) is 0 Å². The number of benzene rings is 3. The van der Waals surface area contributed by atoms with Crippen molar-refractivity contribution in [3.63, 3.8) is 0 Å². The van der Waals surface area contributed by atoms with Crippen LogP contribution >= 0.6 is 0 Å². The lowest BCUT2D eigenvalue weighted by molar-refractivity contribution is 0.0696. The maximum absolute atomic E-state index is 12.6. The van der Waals surface area contributed by atoms with Crippen LogP contribution in [0.15, 0.2) is 66.7 Å². The number of carbonyl (C=O) groups excluding carboxylic acids is 1. The molecule has 0 aliphatic heterocycles. The quantitative estimate of drug-likeness (QED) is 0.556. The average molecular weight is 401 g/mol. The number of nitrogens with one attached hydrogen (secondary N) is 1. The van der Waals surface area contributed by atoms with Gasteiger partial charge in [-0.2, -0.15) is 0 Å². The molecule has 1 aliphatic carbocycles. The second-order valence-corrected chi connectivity index (χ2v) is 7.38. The zero-order valence-electron chi connectivity index (χ0n) is 16.7. The summed E-state index contributed by atoms with van der Waals surface area (Å²) in [6.07, 6.45) is 1.03. The fourth-order valence-corrected chi connectivity index (χ4v) is 4.06. The Morgan fingerprint density at radius 1 is 0.967 bits per heavy atom. The first-order valence-electron chi connectivity index (χ1n) is 10.1. The molecule has 0 fully saturated rings. The van der Waals surface area contributed by atoms with E-state index in [1.807, 2.05) is 31.2 Å². The Hall–Kier alpha value is -3.60. The third kappa shape index (κ3) is 3.79. The molecular weight excluding hydrogens is 378 g/mol. The Balaban J connectivity index is 1.51. The minimum absolute atomic E-state index is 0.0244. The van der Waals surface area contributed by atoms with Crippen molar-refractivity contribution in [3.05, 3.63) is 89.0 Å². The summed E-state index contributed by atoms with van der Waals surface area (Å²) < 4.78 is 5.58. The molecule has 0 aromatic heterocycles. The molecule has 0 saturated heterocycles. The Morgan fingerprint density at radius 3 is 2.20 bits per heavy atom. The van der Waals surface area contributed by atoms with Gasteiger partial charge < -0.3 is 9.84 Å². The van der Waals surface area contributed by atoms with Gasteiger partial charge in [-0.1, -0.05) is 67.9 Å². The van der Waals surface area contributed by atoms with Gasteiger partial charge in [0.1, 0.15) is 6.61 Å². The van der Waals surface area contributed by atoms with Gasteiger partial charge in [-0.15, -0.1) is 0 Å². The molecule has 0 spiro atoms. The average Bonchev–Trinajstić information content (AvgIpc) is 3.07. The van der Waals surface area contributed by atoms with E-state index in [9.17, 15) is 14.7 Å². The number of aromatic carboxylic acids is 1. The summed E-state index contributed by atoms with van der Waals surface area (Å²) in [6.45, 7) is 2.24. The van der Waals surface area contributed by atoms with Crippen molar-refractivity contribution in [2.45, 2.75) is 25.7 Å². The van der Waals surface area contributed by atoms with Crippen LogP contribution in [0.1, 0.15) is 46.3 Å². The molecular formula is C25H23NO4. The van der Waals surface area contributed by atoms with Crippen LogP contribution in [-0.2, 0) is 11.2 Å². The zero-order chi connectivity index (χ0) is 21.1. The van der Waals surface area contributed by atoms with Gasteiger partial charge in [0.05, 0.1) is 5.56 Å². The van der Waals surface area contributed by atoms with Crippen molar-refractivity contribution >= 4 is 17.7 Å². The van der Waals surface area contributed by atoms with Crippen LogP contribution < -0.4 is 5.32 Å². The normalized spacial score (nSPS) is 12.2. The van der Waals surface area contributed by atoms with E-state index in [2.05, 4.69) is 29.6 Å². The molecule has 0 unspecified atom stereocenters. The second kappa shape index (κ2) is 8.41. The minimum Gasteiger partial charge on any atom is -0.478 e. The van der Waals surface area contributed by atoms with E-state index in [-0.39, 0.29) is 18.1 Å². The number of amides is 1. The van der Waals surface area contributed by atoms with Crippen molar-refractivity contribution in [2.75, 3.05) is 11.9 Å². The maximum Gasteiger partial charge on any atom is 0.411 e. The van der Waals surface area contributed by atoms with Crippen LogP contribution in [0.5, 0.6) is 0 Å². The molecule has 3 aromatic carbocycles. The third-order valence-corrected chi connectivity index (χ3v) is 5.46. The van der Waals surface area contributed by atoms with Crippen LogP contribution in [0.4, 0.5) is 10.5 Å². The molecule has 0 atom stereocenters. The van der Waals surface area contributed by atoms with Crippen LogP contribution in [0, 0.1) is 0 Å². The van der Waals surface area contributed by atoms with Gasteiger partial charge in [-0.25, -0.2) is 9.59 Å². The van der Waals surface area contributed by atoms with Crippen LogP contribution in [0.25, 0.3) is 11.1 Å². The van der Waals surface area contributed by atoms with Gasteiger partial charge in [0.2, 0.25) is 0 Å². The Bertz CT molecular complexity index is 1060. The molecule has 2 N–H and O–H groups in total. The Labute approximate surface area is 175 Å². The number of aryl methyl sites for hydroxylation is 1. The smallest absolute Gasteiger partial charge is 0.411 e. The topological polar surface area (TPSA) is 75.6 Å². The summed E-state index contributed by atoms with van der Waals surface area (Å²) in [5, 5.41) is 12.0. The molecule has 30 heavy (non-hydrogen) atoms. The summed E-state index contributed by atoms with van der Waals surface area (Å²) >= 11 is 0. The van der Waals surface area contributed by atoms with Gasteiger partial charge in [0.25, 0.3) is 0 Å². The molecule has 0 bridgehead atoms. The fourth-order valence-electron chi connectivity index (χ4n) is 4.06. The van der Waals surface area contributed by atoms with Crippen molar-refractivity contribution in [2.24, 2.45) is 0 Å². The van der Waals surface area contributed by atoms with Crippen LogP contribution in [-0.4, -0.2) is 23.8 Å². The van der Waals surface area contributed by atoms with E-state index in [0.29, 0.717) is 5.69 Å². The number of carbonyl (C=O) groups is 2. The number of hydrogen-bond acceptors (Lipinski definition) is 3. The van der Waals surface area contributed by atoms with E-state index in [0.717, 1.165) is 29.5 Å². The Morgan fingerprint density at radius 2 is 1.60 bits per heavy atom. The monoisotopic (exact) mass is 401 g/mol. The molecule has 152 valence electrons. The summed E-state index contributed by atoms with van der Waals surface area (Å²) in [5.41, 5.74) is 6.12. The highest BCUT2D eigenvalue weighted by atomic mass is 16.5. The molecule has 1 amide bonds. The lowest BCUT2D eigenvalue weighted by atomic mass is 9.98. The lowest BCUT2D eigenvalue weighted by Gasteiger charge is -2.16.